The van der Waals surface area contributed by atoms with Crippen molar-refractivity contribution in [2.45, 2.75) is 39.3 Å². The maximum absolute atomic E-state index is 10.1. The molecule has 1 atom stereocenters. The lowest BCUT2D eigenvalue weighted by atomic mass is 10.2. The SMILES string of the molecule is CCCc1cc(C)nn1CC(O)COc1ccccc1. The first-order valence-corrected chi connectivity index (χ1v) is 7.08. The van der Waals surface area contributed by atoms with Gasteiger partial charge in [0.2, 0.25) is 0 Å². The predicted octanol–water partition coefficient (Wildman–Crippen LogP) is 2.58. The van der Waals surface area contributed by atoms with Crippen molar-refractivity contribution in [2.75, 3.05) is 6.61 Å². The van der Waals surface area contributed by atoms with Crippen molar-refractivity contribution in [1.29, 1.82) is 0 Å². The Kier molecular flexibility index (Phi) is 5.18. The van der Waals surface area contributed by atoms with Crippen LogP contribution in [0.5, 0.6) is 5.75 Å². The van der Waals surface area contributed by atoms with E-state index < -0.39 is 6.10 Å². The van der Waals surface area contributed by atoms with E-state index in [1.165, 1.54) is 5.69 Å². The summed E-state index contributed by atoms with van der Waals surface area (Å²) in [5.74, 6) is 0.775. The first-order chi connectivity index (χ1) is 9.69. The summed E-state index contributed by atoms with van der Waals surface area (Å²) >= 11 is 0. The van der Waals surface area contributed by atoms with E-state index in [0.29, 0.717) is 6.54 Å². The highest BCUT2D eigenvalue weighted by molar-refractivity contribution is 5.20. The van der Waals surface area contributed by atoms with Crippen LogP contribution in [0.15, 0.2) is 36.4 Å². The summed E-state index contributed by atoms with van der Waals surface area (Å²) in [6.45, 7) is 4.86. The normalized spacial score (nSPS) is 12.3. The minimum Gasteiger partial charge on any atom is -0.491 e. The summed E-state index contributed by atoms with van der Waals surface area (Å²) < 4.78 is 7.44. The van der Waals surface area contributed by atoms with E-state index in [0.717, 1.165) is 24.3 Å². The lowest BCUT2D eigenvalue weighted by Crippen LogP contribution is -2.25. The Morgan fingerprint density at radius 3 is 2.75 bits per heavy atom. The Morgan fingerprint density at radius 1 is 1.30 bits per heavy atom. The highest BCUT2D eigenvalue weighted by Gasteiger charge is 2.11. The molecule has 1 unspecified atom stereocenters. The third kappa shape index (κ3) is 4.10. The maximum atomic E-state index is 10.1. The molecule has 0 amide bonds. The maximum Gasteiger partial charge on any atom is 0.119 e. The molecule has 4 heteroatoms. The summed E-state index contributed by atoms with van der Waals surface area (Å²) in [5.41, 5.74) is 2.16. The van der Waals surface area contributed by atoms with Gasteiger partial charge in [-0.25, -0.2) is 0 Å². The van der Waals surface area contributed by atoms with E-state index in [4.69, 9.17) is 4.74 Å². The minimum atomic E-state index is -0.565. The molecule has 0 bridgehead atoms. The van der Waals surface area contributed by atoms with Gasteiger partial charge in [0.25, 0.3) is 0 Å². The molecule has 1 heterocycles. The Morgan fingerprint density at radius 2 is 2.05 bits per heavy atom. The molecule has 0 fully saturated rings. The number of rotatable bonds is 7. The topological polar surface area (TPSA) is 47.3 Å². The molecule has 0 aliphatic carbocycles. The number of aliphatic hydroxyl groups is 1. The molecule has 108 valence electrons. The van der Waals surface area contributed by atoms with Crippen LogP contribution in [-0.2, 0) is 13.0 Å². The molecular weight excluding hydrogens is 252 g/mol. The van der Waals surface area contributed by atoms with E-state index in [1.807, 2.05) is 41.9 Å². The summed E-state index contributed by atoms with van der Waals surface area (Å²) in [6.07, 6.45) is 1.49. The molecule has 2 aromatic rings. The van der Waals surface area contributed by atoms with E-state index in [9.17, 15) is 5.11 Å². The van der Waals surface area contributed by atoms with Crippen LogP contribution in [0.2, 0.25) is 0 Å². The number of benzene rings is 1. The predicted molar refractivity (Wildman–Crippen MR) is 78.9 cm³/mol. The van der Waals surface area contributed by atoms with Crippen molar-refractivity contribution in [3.8, 4) is 5.75 Å². The quantitative estimate of drug-likeness (QED) is 0.844. The standard InChI is InChI=1S/C16H22N2O2/c1-3-7-14-10-13(2)17-18(14)11-15(19)12-20-16-8-5-4-6-9-16/h4-6,8-10,15,19H,3,7,11-12H2,1-2H3. The third-order valence-electron chi connectivity index (χ3n) is 3.06. The van der Waals surface area contributed by atoms with Crippen LogP contribution in [0, 0.1) is 6.92 Å². The first-order valence-electron chi connectivity index (χ1n) is 7.08. The largest absolute Gasteiger partial charge is 0.491 e. The molecule has 20 heavy (non-hydrogen) atoms. The lowest BCUT2D eigenvalue weighted by molar-refractivity contribution is 0.0884. The number of aliphatic hydroxyl groups excluding tert-OH is 1. The monoisotopic (exact) mass is 274 g/mol. The summed E-state index contributed by atoms with van der Waals surface area (Å²) in [4.78, 5) is 0. The average molecular weight is 274 g/mol. The van der Waals surface area contributed by atoms with E-state index in [2.05, 4.69) is 18.1 Å². The minimum absolute atomic E-state index is 0.272. The number of aryl methyl sites for hydroxylation is 2. The van der Waals surface area contributed by atoms with Crippen molar-refractivity contribution >= 4 is 0 Å². The van der Waals surface area contributed by atoms with E-state index in [1.54, 1.807) is 0 Å². The molecule has 4 nitrogen and oxygen atoms in total. The highest BCUT2D eigenvalue weighted by Crippen LogP contribution is 2.10. The molecule has 0 spiro atoms. The van der Waals surface area contributed by atoms with Crippen molar-refractivity contribution < 1.29 is 9.84 Å². The van der Waals surface area contributed by atoms with Gasteiger partial charge in [0.05, 0.1) is 12.2 Å². The fraction of sp³-hybridized carbons (Fsp3) is 0.438. The molecule has 1 aromatic heterocycles. The Labute approximate surface area is 120 Å². The van der Waals surface area contributed by atoms with Crippen molar-refractivity contribution in [3.63, 3.8) is 0 Å². The number of nitrogens with zero attached hydrogens (tertiary/aromatic N) is 2. The second-order valence-electron chi connectivity index (χ2n) is 4.99. The van der Waals surface area contributed by atoms with Gasteiger partial charge in [0.15, 0.2) is 0 Å². The summed E-state index contributed by atoms with van der Waals surface area (Å²) in [5, 5.41) is 14.5. The third-order valence-corrected chi connectivity index (χ3v) is 3.06. The Hall–Kier alpha value is -1.81. The number of hydrogen-bond acceptors (Lipinski definition) is 3. The number of para-hydroxylation sites is 1. The fourth-order valence-electron chi connectivity index (χ4n) is 2.18. The molecule has 1 aromatic carbocycles. The number of hydrogen-bond donors (Lipinski definition) is 1. The molecule has 0 aliphatic heterocycles. The number of ether oxygens (including phenoxy) is 1. The van der Waals surface area contributed by atoms with Gasteiger partial charge < -0.3 is 9.84 Å². The van der Waals surface area contributed by atoms with Gasteiger partial charge in [-0.1, -0.05) is 31.5 Å². The fourth-order valence-corrected chi connectivity index (χ4v) is 2.18. The summed E-state index contributed by atoms with van der Waals surface area (Å²) in [7, 11) is 0. The highest BCUT2D eigenvalue weighted by atomic mass is 16.5. The first kappa shape index (κ1) is 14.6. The Bertz CT molecular complexity index is 523. The molecule has 0 saturated carbocycles. The second kappa shape index (κ2) is 7.10. The van der Waals surface area contributed by atoms with Crippen LogP contribution in [-0.4, -0.2) is 27.6 Å². The smallest absolute Gasteiger partial charge is 0.119 e. The van der Waals surface area contributed by atoms with Gasteiger partial charge in [-0.15, -0.1) is 0 Å². The Balaban J connectivity index is 1.89. The van der Waals surface area contributed by atoms with Crippen molar-refractivity contribution in [1.82, 2.24) is 9.78 Å². The molecule has 1 N–H and O–H groups in total. The van der Waals surface area contributed by atoms with Crippen LogP contribution in [0.3, 0.4) is 0 Å². The van der Waals surface area contributed by atoms with Gasteiger partial charge in [-0.2, -0.15) is 5.10 Å². The van der Waals surface area contributed by atoms with Gasteiger partial charge >= 0.3 is 0 Å². The number of aromatic nitrogens is 2. The molecule has 0 aliphatic rings. The molecular formula is C16H22N2O2. The van der Waals surface area contributed by atoms with Gasteiger partial charge in [-0.05, 0) is 31.5 Å². The van der Waals surface area contributed by atoms with Gasteiger partial charge in [0.1, 0.15) is 18.5 Å². The van der Waals surface area contributed by atoms with Crippen molar-refractivity contribution in [3.05, 3.63) is 47.8 Å². The van der Waals surface area contributed by atoms with Crippen LogP contribution in [0.1, 0.15) is 24.7 Å². The van der Waals surface area contributed by atoms with Crippen molar-refractivity contribution in [2.24, 2.45) is 0 Å². The van der Waals surface area contributed by atoms with E-state index >= 15 is 0 Å². The van der Waals surface area contributed by atoms with Crippen LogP contribution >= 0.6 is 0 Å². The van der Waals surface area contributed by atoms with Gasteiger partial charge in [-0.3, -0.25) is 4.68 Å². The zero-order valence-corrected chi connectivity index (χ0v) is 12.1. The zero-order valence-electron chi connectivity index (χ0n) is 12.1. The van der Waals surface area contributed by atoms with E-state index in [-0.39, 0.29) is 6.61 Å². The summed E-state index contributed by atoms with van der Waals surface area (Å²) in [6, 6.07) is 11.6. The lowest BCUT2D eigenvalue weighted by Gasteiger charge is -2.14. The average Bonchev–Trinajstić information content (AvgIpc) is 2.78. The molecule has 2 rings (SSSR count). The van der Waals surface area contributed by atoms with Crippen LogP contribution in [0.25, 0.3) is 0 Å². The molecule has 0 radical (unpaired) electrons. The molecule has 0 saturated heterocycles. The van der Waals surface area contributed by atoms with Crippen LogP contribution in [0.4, 0.5) is 0 Å². The van der Waals surface area contributed by atoms with Gasteiger partial charge in [0, 0.05) is 5.69 Å². The zero-order chi connectivity index (χ0) is 14.4. The second-order valence-corrected chi connectivity index (χ2v) is 4.99. The van der Waals surface area contributed by atoms with Crippen LogP contribution < -0.4 is 4.74 Å².